The van der Waals surface area contributed by atoms with E-state index in [0.29, 0.717) is 17.2 Å². The number of hydrogen-bond donors (Lipinski definition) is 0. The molecule has 1 fully saturated rings. The highest BCUT2D eigenvalue weighted by Crippen LogP contribution is 2.30. The number of carbonyl (C=O) groups excluding carboxylic acids is 1. The maximum Gasteiger partial charge on any atom is 0.257 e. The Morgan fingerprint density at radius 3 is 2.55 bits per heavy atom. The number of rotatable bonds is 3. The SMILES string of the molecule is COc1cc(C(=O)N2CCCC(C)C2)c(OC)cc1C. The van der Waals surface area contributed by atoms with Crippen LogP contribution in [0.1, 0.15) is 35.7 Å². The normalized spacial score (nSPS) is 18.8. The molecule has 4 nitrogen and oxygen atoms in total. The molecule has 0 aliphatic carbocycles. The minimum absolute atomic E-state index is 0.0340. The van der Waals surface area contributed by atoms with Gasteiger partial charge in [-0.15, -0.1) is 0 Å². The summed E-state index contributed by atoms with van der Waals surface area (Å²) >= 11 is 0. The van der Waals surface area contributed by atoms with Gasteiger partial charge in [0.2, 0.25) is 0 Å². The molecule has 0 N–H and O–H groups in total. The molecule has 1 unspecified atom stereocenters. The van der Waals surface area contributed by atoms with Gasteiger partial charge in [-0.05, 0) is 43.4 Å². The van der Waals surface area contributed by atoms with Crippen LogP contribution in [0.2, 0.25) is 0 Å². The van der Waals surface area contributed by atoms with Crippen molar-refractivity contribution in [1.82, 2.24) is 4.90 Å². The average Bonchev–Trinajstić information content (AvgIpc) is 2.46. The number of methoxy groups -OCH3 is 2. The fraction of sp³-hybridized carbons (Fsp3) is 0.562. The van der Waals surface area contributed by atoms with Crippen LogP contribution in [0.3, 0.4) is 0 Å². The van der Waals surface area contributed by atoms with E-state index in [2.05, 4.69) is 6.92 Å². The van der Waals surface area contributed by atoms with Crippen LogP contribution in [0.5, 0.6) is 11.5 Å². The Labute approximate surface area is 120 Å². The van der Waals surface area contributed by atoms with E-state index in [1.54, 1.807) is 20.3 Å². The van der Waals surface area contributed by atoms with Gasteiger partial charge in [-0.3, -0.25) is 4.79 Å². The smallest absolute Gasteiger partial charge is 0.257 e. The number of likely N-dealkylation sites (tertiary alicyclic amines) is 1. The molecule has 1 aliphatic rings. The molecule has 0 radical (unpaired) electrons. The summed E-state index contributed by atoms with van der Waals surface area (Å²) in [5, 5.41) is 0. The Balaban J connectivity index is 2.32. The molecule has 1 aromatic carbocycles. The number of ether oxygens (including phenoxy) is 2. The molecule has 1 aliphatic heterocycles. The summed E-state index contributed by atoms with van der Waals surface area (Å²) in [7, 11) is 3.21. The summed E-state index contributed by atoms with van der Waals surface area (Å²) in [6.45, 7) is 5.77. The highest BCUT2D eigenvalue weighted by molar-refractivity contribution is 5.97. The third-order valence-corrected chi connectivity index (χ3v) is 3.89. The van der Waals surface area contributed by atoms with Gasteiger partial charge in [0.15, 0.2) is 0 Å². The zero-order valence-electron chi connectivity index (χ0n) is 12.7. The lowest BCUT2D eigenvalue weighted by Gasteiger charge is -2.31. The van der Waals surface area contributed by atoms with E-state index in [1.165, 1.54) is 6.42 Å². The van der Waals surface area contributed by atoms with Gasteiger partial charge in [-0.25, -0.2) is 0 Å². The van der Waals surface area contributed by atoms with E-state index >= 15 is 0 Å². The maximum atomic E-state index is 12.7. The minimum atomic E-state index is 0.0340. The van der Waals surface area contributed by atoms with Crippen molar-refractivity contribution in [1.29, 1.82) is 0 Å². The number of benzene rings is 1. The van der Waals surface area contributed by atoms with Crippen molar-refractivity contribution < 1.29 is 14.3 Å². The second-order valence-electron chi connectivity index (χ2n) is 5.52. The molecule has 0 aromatic heterocycles. The molecular formula is C16H23NO3. The van der Waals surface area contributed by atoms with Crippen molar-refractivity contribution in [2.75, 3.05) is 27.3 Å². The molecular weight excluding hydrogens is 254 g/mol. The molecule has 4 heteroatoms. The van der Waals surface area contributed by atoms with E-state index in [0.717, 1.165) is 30.8 Å². The molecule has 0 spiro atoms. The fourth-order valence-corrected chi connectivity index (χ4v) is 2.76. The highest BCUT2D eigenvalue weighted by atomic mass is 16.5. The van der Waals surface area contributed by atoms with Crippen molar-refractivity contribution in [3.05, 3.63) is 23.3 Å². The van der Waals surface area contributed by atoms with Gasteiger partial charge in [0.1, 0.15) is 11.5 Å². The number of amides is 1. The Bertz CT molecular complexity index is 499. The van der Waals surface area contributed by atoms with E-state index in [-0.39, 0.29) is 5.91 Å². The molecule has 1 atom stereocenters. The number of carbonyl (C=O) groups is 1. The molecule has 1 heterocycles. The summed E-state index contributed by atoms with van der Waals surface area (Å²) in [5.41, 5.74) is 1.55. The topological polar surface area (TPSA) is 38.8 Å². The van der Waals surface area contributed by atoms with Crippen LogP contribution in [0.15, 0.2) is 12.1 Å². The molecule has 1 aromatic rings. The maximum absolute atomic E-state index is 12.7. The standard InChI is InChI=1S/C16H23NO3/c1-11-6-5-7-17(10-11)16(18)13-9-14(19-3)12(2)8-15(13)20-4/h8-9,11H,5-7,10H2,1-4H3. The zero-order chi connectivity index (χ0) is 14.7. The van der Waals surface area contributed by atoms with Crippen LogP contribution < -0.4 is 9.47 Å². The van der Waals surface area contributed by atoms with E-state index in [9.17, 15) is 4.79 Å². The first kappa shape index (κ1) is 14.7. The van der Waals surface area contributed by atoms with Crippen molar-refractivity contribution in [3.8, 4) is 11.5 Å². The molecule has 110 valence electrons. The molecule has 1 saturated heterocycles. The predicted molar refractivity (Wildman–Crippen MR) is 78.6 cm³/mol. The minimum Gasteiger partial charge on any atom is -0.496 e. The summed E-state index contributed by atoms with van der Waals surface area (Å²) in [4.78, 5) is 14.6. The zero-order valence-corrected chi connectivity index (χ0v) is 12.7. The molecule has 0 bridgehead atoms. The van der Waals surface area contributed by atoms with Gasteiger partial charge >= 0.3 is 0 Å². The van der Waals surface area contributed by atoms with Gasteiger partial charge in [0.25, 0.3) is 5.91 Å². The third-order valence-electron chi connectivity index (χ3n) is 3.89. The van der Waals surface area contributed by atoms with Gasteiger partial charge in [-0.2, -0.15) is 0 Å². The Morgan fingerprint density at radius 1 is 1.25 bits per heavy atom. The van der Waals surface area contributed by atoms with Crippen LogP contribution in [0.25, 0.3) is 0 Å². The van der Waals surface area contributed by atoms with E-state index in [4.69, 9.17) is 9.47 Å². The second-order valence-corrected chi connectivity index (χ2v) is 5.52. The number of piperidine rings is 1. The largest absolute Gasteiger partial charge is 0.496 e. The van der Waals surface area contributed by atoms with Gasteiger partial charge in [0, 0.05) is 13.1 Å². The molecule has 2 rings (SSSR count). The Morgan fingerprint density at radius 2 is 1.95 bits per heavy atom. The average molecular weight is 277 g/mol. The first-order valence-corrected chi connectivity index (χ1v) is 7.08. The van der Waals surface area contributed by atoms with E-state index in [1.807, 2.05) is 17.9 Å². The van der Waals surface area contributed by atoms with Crippen molar-refractivity contribution in [3.63, 3.8) is 0 Å². The lowest BCUT2D eigenvalue weighted by Crippen LogP contribution is -2.39. The highest BCUT2D eigenvalue weighted by Gasteiger charge is 2.25. The van der Waals surface area contributed by atoms with Crippen LogP contribution in [0.4, 0.5) is 0 Å². The first-order chi connectivity index (χ1) is 9.56. The fourth-order valence-electron chi connectivity index (χ4n) is 2.76. The van der Waals surface area contributed by atoms with E-state index < -0.39 is 0 Å². The number of hydrogen-bond acceptors (Lipinski definition) is 3. The van der Waals surface area contributed by atoms with Crippen LogP contribution in [0, 0.1) is 12.8 Å². The van der Waals surface area contributed by atoms with Crippen LogP contribution in [-0.2, 0) is 0 Å². The summed E-state index contributed by atoms with van der Waals surface area (Å²) < 4.78 is 10.7. The summed E-state index contributed by atoms with van der Waals surface area (Å²) in [5.74, 6) is 1.93. The molecule has 0 saturated carbocycles. The molecule has 1 amide bonds. The monoisotopic (exact) mass is 277 g/mol. The Hall–Kier alpha value is -1.71. The summed E-state index contributed by atoms with van der Waals surface area (Å²) in [6, 6.07) is 3.65. The first-order valence-electron chi connectivity index (χ1n) is 7.08. The predicted octanol–water partition coefficient (Wildman–Crippen LogP) is 2.88. The Kier molecular flexibility index (Phi) is 4.53. The van der Waals surface area contributed by atoms with Crippen LogP contribution >= 0.6 is 0 Å². The third kappa shape index (κ3) is 2.89. The van der Waals surface area contributed by atoms with Gasteiger partial charge < -0.3 is 14.4 Å². The lowest BCUT2D eigenvalue weighted by atomic mass is 9.99. The second kappa shape index (κ2) is 6.16. The quantitative estimate of drug-likeness (QED) is 0.852. The van der Waals surface area contributed by atoms with Gasteiger partial charge in [0.05, 0.1) is 19.8 Å². The molecule has 20 heavy (non-hydrogen) atoms. The summed E-state index contributed by atoms with van der Waals surface area (Å²) in [6.07, 6.45) is 2.26. The van der Waals surface area contributed by atoms with Crippen molar-refractivity contribution in [2.45, 2.75) is 26.7 Å². The number of aryl methyl sites for hydroxylation is 1. The lowest BCUT2D eigenvalue weighted by molar-refractivity contribution is 0.0679. The van der Waals surface area contributed by atoms with Crippen LogP contribution in [-0.4, -0.2) is 38.1 Å². The number of nitrogens with zero attached hydrogens (tertiary/aromatic N) is 1. The van der Waals surface area contributed by atoms with Gasteiger partial charge in [-0.1, -0.05) is 6.92 Å². The van der Waals surface area contributed by atoms with Crippen molar-refractivity contribution in [2.24, 2.45) is 5.92 Å². The van der Waals surface area contributed by atoms with Crippen molar-refractivity contribution >= 4 is 5.91 Å².